The number of para-hydroxylation sites is 1. The SMILES string of the molecule is CCn1nnnc1COc1ccc(C(=O)Nc2ccccc2C(=O)OC)cc1. The first kappa shape index (κ1) is 19.0. The Morgan fingerprint density at radius 1 is 1.11 bits per heavy atom. The van der Waals surface area contributed by atoms with Gasteiger partial charge in [-0.3, -0.25) is 4.79 Å². The molecule has 0 atom stereocenters. The summed E-state index contributed by atoms with van der Waals surface area (Å²) in [4.78, 5) is 24.3. The van der Waals surface area contributed by atoms with Gasteiger partial charge < -0.3 is 14.8 Å². The first-order valence-electron chi connectivity index (χ1n) is 8.59. The van der Waals surface area contributed by atoms with E-state index in [0.29, 0.717) is 29.4 Å². The van der Waals surface area contributed by atoms with Crippen LogP contribution in [-0.2, 0) is 17.9 Å². The van der Waals surface area contributed by atoms with Crippen molar-refractivity contribution in [3.8, 4) is 5.75 Å². The van der Waals surface area contributed by atoms with E-state index in [4.69, 9.17) is 9.47 Å². The molecule has 3 rings (SSSR count). The van der Waals surface area contributed by atoms with Crippen molar-refractivity contribution in [2.24, 2.45) is 0 Å². The Hall–Kier alpha value is -3.75. The summed E-state index contributed by atoms with van der Waals surface area (Å²) in [5.41, 5.74) is 1.09. The number of nitrogens with one attached hydrogen (secondary N) is 1. The van der Waals surface area contributed by atoms with Crippen LogP contribution in [0.4, 0.5) is 5.69 Å². The molecule has 1 aromatic heterocycles. The number of aryl methyl sites for hydroxylation is 1. The second-order valence-corrected chi connectivity index (χ2v) is 5.72. The second kappa shape index (κ2) is 8.76. The summed E-state index contributed by atoms with van der Waals surface area (Å²) in [5.74, 6) is 0.327. The van der Waals surface area contributed by atoms with E-state index >= 15 is 0 Å². The first-order valence-corrected chi connectivity index (χ1v) is 8.59. The predicted octanol–water partition coefficient (Wildman–Crippen LogP) is 2.31. The molecule has 9 nitrogen and oxygen atoms in total. The maximum absolute atomic E-state index is 12.5. The van der Waals surface area contributed by atoms with Crippen LogP contribution >= 0.6 is 0 Å². The van der Waals surface area contributed by atoms with Gasteiger partial charge in [0.15, 0.2) is 5.82 Å². The molecule has 144 valence electrons. The molecule has 0 aliphatic carbocycles. The summed E-state index contributed by atoms with van der Waals surface area (Å²) < 4.78 is 12.0. The van der Waals surface area contributed by atoms with Crippen LogP contribution in [0, 0.1) is 0 Å². The minimum absolute atomic E-state index is 0.221. The van der Waals surface area contributed by atoms with Crippen LogP contribution in [-0.4, -0.2) is 39.2 Å². The van der Waals surface area contributed by atoms with Crippen molar-refractivity contribution in [2.45, 2.75) is 20.1 Å². The molecule has 3 aromatic rings. The molecule has 0 aliphatic heterocycles. The van der Waals surface area contributed by atoms with E-state index in [9.17, 15) is 9.59 Å². The standard InChI is InChI=1S/C19H19N5O4/c1-3-24-17(21-22-23-24)12-28-14-10-8-13(9-11-14)18(25)20-16-7-5-4-6-15(16)19(26)27-2/h4-11H,3,12H2,1-2H3,(H,20,25). The molecule has 0 bridgehead atoms. The lowest BCUT2D eigenvalue weighted by molar-refractivity contribution is 0.0602. The molecule has 0 unspecified atom stereocenters. The van der Waals surface area contributed by atoms with Gasteiger partial charge in [-0.1, -0.05) is 12.1 Å². The van der Waals surface area contributed by atoms with Crippen LogP contribution in [0.3, 0.4) is 0 Å². The molecule has 0 fully saturated rings. The highest BCUT2D eigenvalue weighted by molar-refractivity contribution is 6.08. The van der Waals surface area contributed by atoms with E-state index in [0.717, 1.165) is 0 Å². The van der Waals surface area contributed by atoms with Crippen molar-refractivity contribution in [1.29, 1.82) is 0 Å². The lowest BCUT2D eigenvalue weighted by Gasteiger charge is -2.10. The molecule has 0 radical (unpaired) electrons. The average molecular weight is 381 g/mol. The number of nitrogens with zero attached hydrogens (tertiary/aromatic N) is 4. The van der Waals surface area contributed by atoms with Gasteiger partial charge >= 0.3 is 5.97 Å². The zero-order valence-electron chi connectivity index (χ0n) is 15.5. The third-order valence-electron chi connectivity index (χ3n) is 3.97. The summed E-state index contributed by atoms with van der Waals surface area (Å²) in [6.45, 7) is 2.81. The molecule has 0 saturated heterocycles. The van der Waals surface area contributed by atoms with Gasteiger partial charge in [0.25, 0.3) is 5.91 Å². The van der Waals surface area contributed by atoms with Gasteiger partial charge in [-0.2, -0.15) is 0 Å². The van der Waals surface area contributed by atoms with Crippen molar-refractivity contribution < 1.29 is 19.1 Å². The quantitative estimate of drug-likeness (QED) is 0.626. The molecule has 2 aromatic carbocycles. The normalized spacial score (nSPS) is 10.4. The van der Waals surface area contributed by atoms with Crippen molar-refractivity contribution in [3.05, 3.63) is 65.5 Å². The monoisotopic (exact) mass is 381 g/mol. The minimum Gasteiger partial charge on any atom is -0.486 e. The second-order valence-electron chi connectivity index (χ2n) is 5.72. The van der Waals surface area contributed by atoms with Crippen LogP contribution in [0.25, 0.3) is 0 Å². The van der Waals surface area contributed by atoms with Gasteiger partial charge in [-0.05, 0) is 53.7 Å². The Bertz CT molecular complexity index is 968. The molecule has 1 amide bonds. The van der Waals surface area contributed by atoms with E-state index in [-0.39, 0.29) is 18.1 Å². The summed E-state index contributed by atoms with van der Waals surface area (Å²) in [6, 6.07) is 13.3. The van der Waals surface area contributed by atoms with Gasteiger partial charge in [-0.15, -0.1) is 5.10 Å². The number of carbonyl (C=O) groups is 2. The van der Waals surface area contributed by atoms with E-state index in [1.807, 2.05) is 6.92 Å². The van der Waals surface area contributed by atoms with Crippen LogP contribution in [0.2, 0.25) is 0 Å². The smallest absolute Gasteiger partial charge is 0.339 e. The van der Waals surface area contributed by atoms with E-state index < -0.39 is 5.97 Å². The number of benzene rings is 2. The maximum Gasteiger partial charge on any atom is 0.339 e. The third kappa shape index (κ3) is 4.32. The number of ether oxygens (including phenoxy) is 2. The van der Waals surface area contributed by atoms with Gasteiger partial charge in [0.2, 0.25) is 0 Å². The Labute approximate surface area is 161 Å². The number of tetrazole rings is 1. The topological polar surface area (TPSA) is 108 Å². The number of rotatable bonds is 7. The number of methoxy groups -OCH3 is 1. The van der Waals surface area contributed by atoms with Crippen molar-refractivity contribution >= 4 is 17.6 Å². The Morgan fingerprint density at radius 2 is 1.86 bits per heavy atom. The Balaban J connectivity index is 1.65. The molecule has 1 N–H and O–H groups in total. The summed E-state index contributed by atoms with van der Waals surface area (Å²) in [7, 11) is 1.29. The summed E-state index contributed by atoms with van der Waals surface area (Å²) >= 11 is 0. The molecule has 0 saturated carbocycles. The van der Waals surface area contributed by atoms with E-state index in [2.05, 4.69) is 20.8 Å². The van der Waals surface area contributed by atoms with E-state index in [1.54, 1.807) is 53.2 Å². The van der Waals surface area contributed by atoms with Gasteiger partial charge in [0.1, 0.15) is 12.4 Å². The maximum atomic E-state index is 12.5. The molecule has 9 heteroatoms. The number of carbonyl (C=O) groups excluding carboxylic acids is 2. The van der Waals surface area contributed by atoms with Crippen LogP contribution in [0.1, 0.15) is 33.5 Å². The zero-order valence-corrected chi connectivity index (χ0v) is 15.5. The first-order chi connectivity index (χ1) is 13.6. The third-order valence-corrected chi connectivity index (χ3v) is 3.97. The molecule has 0 spiro atoms. The minimum atomic E-state index is -0.519. The summed E-state index contributed by atoms with van der Waals surface area (Å²) in [5, 5.41) is 14.1. The summed E-state index contributed by atoms with van der Waals surface area (Å²) in [6.07, 6.45) is 0. The Kier molecular flexibility index (Phi) is 5.95. The molecule has 0 aliphatic rings. The number of hydrogen-bond donors (Lipinski definition) is 1. The van der Waals surface area contributed by atoms with E-state index in [1.165, 1.54) is 7.11 Å². The lowest BCUT2D eigenvalue weighted by atomic mass is 10.1. The zero-order chi connectivity index (χ0) is 19.9. The number of anilines is 1. The molecule has 1 heterocycles. The van der Waals surface area contributed by atoms with Crippen molar-refractivity contribution in [2.75, 3.05) is 12.4 Å². The molecular weight excluding hydrogens is 362 g/mol. The predicted molar refractivity (Wildman–Crippen MR) is 100.0 cm³/mol. The average Bonchev–Trinajstić information content (AvgIpc) is 3.20. The lowest BCUT2D eigenvalue weighted by Crippen LogP contribution is -2.15. The molecular formula is C19H19N5O4. The van der Waals surface area contributed by atoms with Gasteiger partial charge in [0.05, 0.1) is 18.4 Å². The fraction of sp³-hybridized carbons (Fsp3) is 0.211. The van der Waals surface area contributed by atoms with Crippen molar-refractivity contribution in [3.63, 3.8) is 0 Å². The number of aromatic nitrogens is 4. The number of amides is 1. The van der Waals surface area contributed by atoms with Crippen molar-refractivity contribution in [1.82, 2.24) is 20.2 Å². The largest absolute Gasteiger partial charge is 0.486 e. The fourth-order valence-electron chi connectivity index (χ4n) is 2.50. The highest BCUT2D eigenvalue weighted by Gasteiger charge is 2.14. The van der Waals surface area contributed by atoms with Crippen LogP contribution in [0.5, 0.6) is 5.75 Å². The van der Waals surface area contributed by atoms with Crippen LogP contribution in [0.15, 0.2) is 48.5 Å². The van der Waals surface area contributed by atoms with Crippen LogP contribution < -0.4 is 10.1 Å². The van der Waals surface area contributed by atoms with Gasteiger partial charge in [-0.25, -0.2) is 9.48 Å². The number of hydrogen-bond acceptors (Lipinski definition) is 7. The highest BCUT2D eigenvalue weighted by Crippen LogP contribution is 2.19. The molecule has 28 heavy (non-hydrogen) atoms. The Morgan fingerprint density at radius 3 is 2.57 bits per heavy atom. The fourth-order valence-corrected chi connectivity index (χ4v) is 2.50. The highest BCUT2D eigenvalue weighted by atomic mass is 16.5. The van der Waals surface area contributed by atoms with Gasteiger partial charge in [0, 0.05) is 12.1 Å². The number of esters is 1.